The molecule has 204 valence electrons. The Morgan fingerprint density at radius 2 is 1.95 bits per heavy atom. The number of pyridine rings is 1. The Kier molecular flexibility index (Phi) is 11.0. The number of fused-ring (bicyclic) bond motifs is 1. The number of halogens is 3. The number of ether oxygens (including phenoxy) is 1. The molecule has 1 aliphatic heterocycles. The smallest absolute Gasteiger partial charge is 0.389 e. The van der Waals surface area contributed by atoms with E-state index in [2.05, 4.69) is 15.4 Å². The number of hydrogen-bond acceptors (Lipinski definition) is 9. The summed E-state index contributed by atoms with van der Waals surface area (Å²) >= 11 is 1.13. The zero-order chi connectivity index (χ0) is 27.8. The summed E-state index contributed by atoms with van der Waals surface area (Å²) in [6.07, 6.45) is -5.05. The van der Waals surface area contributed by atoms with E-state index in [-0.39, 0.29) is 29.0 Å². The number of aliphatic hydroxyl groups is 1. The summed E-state index contributed by atoms with van der Waals surface area (Å²) in [6, 6.07) is 8.33. The molecule has 3 rings (SSSR count). The second-order valence-corrected chi connectivity index (χ2v) is 9.32. The number of alkyl halides is 3. The van der Waals surface area contributed by atoms with Crippen LogP contribution in [0.4, 0.5) is 19.0 Å². The SMILES string of the molecule is CO.COc1cc2c(cc1C(=O)Nc1cccc(/C(=N/N)N(N)C(C)C)n1)CN(SCCC(F)(F)F)C2. The number of nitrogens with one attached hydrogen (secondary N) is 1. The second kappa shape index (κ2) is 13.5. The molecule has 1 aromatic carbocycles. The predicted molar refractivity (Wildman–Crippen MR) is 138 cm³/mol. The van der Waals surface area contributed by atoms with Crippen LogP contribution in [0.2, 0.25) is 0 Å². The van der Waals surface area contributed by atoms with Gasteiger partial charge >= 0.3 is 6.18 Å². The summed E-state index contributed by atoms with van der Waals surface area (Å²) in [6.45, 7) is 4.62. The molecule has 1 aliphatic rings. The molecule has 14 heteroatoms. The first-order valence-electron chi connectivity index (χ1n) is 11.2. The fourth-order valence-electron chi connectivity index (χ4n) is 3.45. The molecule has 37 heavy (non-hydrogen) atoms. The molecule has 0 atom stereocenters. The van der Waals surface area contributed by atoms with Gasteiger partial charge in [0.05, 0.1) is 19.1 Å². The molecule has 0 saturated heterocycles. The minimum Gasteiger partial charge on any atom is -0.496 e. The van der Waals surface area contributed by atoms with Crippen LogP contribution in [0.25, 0.3) is 0 Å². The zero-order valence-electron chi connectivity index (χ0n) is 21.0. The van der Waals surface area contributed by atoms with Crippen molar-refractivity contribution in [3.05, 3.63) is 52.7 Å². The summed E-state index contributed by atoms with van der Waals surface area (Å²) in [5, 5.41) is 14.8. The van der Waals surface area contributed by atoms with Crippen molar-refractivity contribution < 1.29 is 27.8 Å². The number of hydrazine groups is 1. The molecular formula is C23H32F3N7O3S. The van der Waals surface area contributed by atoms with Gasteiger partial charge in [-0.15, -0.1) is 0 Å². The molecule has 1 amide bonds. The van der Waals surface area contributed by atoms with Crippen molar-refractivity contribution >= 4 is 29.5 Å². The Morgan fingerprint density at radius 3 is 2.51 bits per heavy atom. The van der Waals surface area contributed by atoms with Crippen molar-refractivity contribution in [2.45, 2.75) is 45.6 Å². The third-order valence-electron chi connectivity index (χ3n) is 5.26. The lowest BCUT2D eigenvalue weighted by Gasteiger charge is -2.23. The van der Waals surface area contributed by atoms with Gasteiger partial charge in [-0.05, 0) is 49.2 Å². The highest BCUT2D eigenvalue weighted by molar-refractivity contribution is 7.96. The molecule has 0 bridgehead atoms. The highest BCUT2D eigenvalue weighted by Crippen LogP contribution is 2.35. The molecule has 1 aromatic heterocycles. The maximum Gasteiger partial charge on any atom is 0.389 e. The van der Waals surface area contributed by atoms with Gasteiger partial charge in [-0.25, -0.2) is 15.1 Å². The molecule has 0 radical (unpaired) electrons. The number of benzene rings is 1. The lowest BCUT2D eigenvalue weighted by Crippen LogP contribution is -2.44. The lowest BCUT2D eigenvalue weighted by molar-refractivity contribution is -0.129. The lowest BCUT2D eigenvalue weighted by atomic mass is 10.0. The minimum absolute atomic E-state index is 0.0604. The molecule has 0 spiro atoms. The molecule has 2 aromatic rings. The Labute approximate surface area is 217 Å². The van der Waals surface area contributed by atoms with Crippen LogP contribution < -0.4 is 21.7 Å². The number of aromatic nitrogens is 1. The Bertz CT molecular complexity index is 1100. The maximum atomic E-state index is 13.1. The summed E-state index contributed by atoms with van der Waals surface area (Å²) < 4.78 is 44.6. The van der Waals surface area contributed by atoms with Crippen molar-refractivity contribution in [3.8, 4) is 5.75 Å². The van der Waals surface area contributed by atoms with Crippen LogP contribution in [0.5, 0.6) is 5.75 Å². The predicted octanol–water partition coefficient (Wildman–Crippen LogP) is 3.07. The van der Waals surface area contributed by atoms with Gasteiger partial charge in [0.2, 0.25) is 0 Å². The van der Waals surface area contributed by atoms with E-state index >= 15 is 0 Å². The fourth-order valence-corrected chi connectivity index (χ4v) is 4.49. The number of carbonyl (C=O) groups excluding carboxylic acids is 1. The number of methoxy groups -OCH3 is 1. The topological polar surface area (TPSA) is 142 Å². The number of amidine groups is 1. The summed E-state index contributed by atoms with van der Waals surface area (Å²) in [4.78, 5) is 17.5. The third kappa shape index (κ3) is 8.21. The van der Waals surface area contributed by atoms with E-state index in [1.807, 2.05) is 18.2 Å². The first-order chi connectivity index (χ1) is 17.5. The van der Waals surface area contributed by atoms with E-state index in [0.717, 1.165) is 30.2 Å². The minimum atomic E-state index is -4.19. The quantitative estimate of drug-likeness (QED) is 0.130. The monoisotopic (exact) mass is 543 g/mol. The van der Waals surface area contributed by atoms with E-state index < -0.39 is 18.5 Å². The van der Waals surface area contributed by atoms with Crippen LogP contribution in [0.3, 0.4) is 0 Å². The number of nitrogens with two attached hydrogens (primary N) is 2. The van der Waals surface area contributed by atoms with Crippen LogP contribution in [-0.2, 0) is 13.1 Å². The van der Waals surface area contributed by atoms with Gasteiger partial charge < -0.3 is 21.0 Å². The van der Waals surface area contributed by atoms with Gasteiger partial charge in [-0.1, -0.05) is 18.0 Å². The fraction of sp³-hybridized carbons (Fsp3) is 0.435. The van der Waals surface area contributed by atoms with E-state index in [4.69, 9.17) is 21.5 Å². The van der Waals surface area contributed by atoms with Gasteiger partial charge in [0, 0.05) is 32.0 Å². The Balaban J connectivity index is 0.00000235. The van der Waals surface area contributed by atoms with Crippen LogP contribution in [-0.4, -0.2) is 63.3 Å². The molecule has 0 unspecified atom stereocenters. The van der Waals surface area contributed by atoms with Gasteiger partial charge in [0.25, 0.3) is 5.91 Å². The Morgan fingerprint density at radius 1 is 1.30 bits per heavy atom. The largest absolute Gasteiger partial charge is 0.496 e. The average Bonchev–Trinajstić information content (AvgIpc) is 3.25. The zero-order valence-corrected chi connectivity index (χ0v) is 21.9. The molecular weight excluding hydrogens is 511 g/mol. The summed E-state index contributed by atoms with van der Waals surface area (Å²) in [7, 11) is 2.45. The number of hydrogen-bond donors (Lipinski definition) is 4. The number of hydrazone groups is 1. The van der Waals surface area contributed by atoms with E-state index in [1.54, 1.807) is 30.3 Å². The number of nitrogens with zero attached hydrogens (tertiary/aromatic N) is 4. The number of amides is 1. The molecule has 0 fully saturated rings. The van der Waals surface area contributed by atoms with Crippen LogP contribution in [0, 0.1) is 0 Å². The van der Waals surface area contributed by atoms with Gasteiger partial charge in [0.1, 0.15) is 17.3 Å². The van der Waals surface area contributed by atoms with Crippen LogP contribution >= 0.6 is 11.9 Å². The highest BCUT2D eigenvalue weighted by Gasteiger charge is 2.29. The third-order valence-corrected chi connectivity index (χ3v) is 6.27. The van der Waals surface area contributed by atoms with Gasteiger partial charge in [-0.2, -0.15) is 18.3 Å². The maximum absolute atomic E-state index is 13.1. The molecule has 6 N–H and O–H groups in total. The van der Waals surface area contributed by atoms with Gasteiger partial charge in [0.15, 0.2) is 5.84 Å². The summed E-state index contributed by atoms with van der Waals surface area (Å²) in [5.41, 5.74) is 2.42. The number of aliphatic hydroxyl groups excluding tert-OH is 1. The normalized spacial score (nSPS) is 13.6. The first kappa shape index (κ1) is 30.2. The average molecular weight is 544 g/mol. The standard InChI is InChI=1S/C22H28F3N7O2S.CH4O/c1-13(2)32(27)20(30-26)17-5-4-6-19(28-17)29-21(33)16-9-14-11-31(35-8-7-22(23,24)25)12-15(14)10-18(16)34-3;1-2/h4-6,9-10,13H,7-8,11-12,26-27H2,1-3H3,(H,28,29,33);2H,1H3/b30-20-;. The van der Waals surface area contributed by atoms with Crippen molar-refractivity contribution in [3.63, 3.8) is 0 Å². The van der Waals surface area contributed by atoms with Crippen molar-refractivity contribution in [1.82, 2.24) is 14.3 Å². The van der Waals surface area contributed by atoms with E-state index in [1.165, 1.54) is 12.1 Å². The molecule has 0 saturated carbocycles. The van der Waals surface area contributed by atoms with Crippen LogP contribution in [0.1, 0.15) is 47.4 Å². The number of rotatable bonds is 8. The molecule has 2 heterocycles. The second-order valence-electron chi connectivity index (χ2n) is 8.13. The number of anilines is 1. The van der Waals surface area contributed by atoms with Gasteiger partial charge in [-0.3, -0.25) is 9.80 Å². The Hall–Kier alpha value is -3.07. The molecule has 0 aliphatic carbocycles. The van der Waals surface area contributed by atoms with E-state index in [0.29, 0.717) is 24.5 Å². The summed E-state index contributed by atoms with van der Waals surface area (Å²) in [5.74, 6) is 11.9. The van der Waals surface area contributed by atoms with Crippen molar-refractivity contribution in [2.24, 2.45) is 16.8 Å². The van der Waals surface area contributed by atoms with E-state index in [9.17, 15) is 18.0 Å². The first-order valence-corrected chi connectivity index (χ1v) is 12.2. The number of carbonyl (C=O) groups is 1. The molecule has 10 nitrogen and oxygen atoms in total. The van der Waals surface area contributed by atoms with Crippen LogP contribution in [0.15, 0.2) is 35.4 Å². The van der Waals surface area contributed by atoms with Crippen molar-refractivity contribution in [1.29, 1.82) is 0 Å². The highest BCUT2D eigenvalue weighted by atomic mass is 32.2. The van der Waals surface area contributed by atoms with Crippen molar-refractivity contribution in [2.75, 3.05) is 25.3 Å².